The molecular formula is C30H25Cl2N3O4S2. The highest BCUT2D eigenvalue weighted by atomic mass is 35.5. The van der Waals surface area contributed by atoms with E-state index in [0.717, 1.165) is 18.4 Å². The van der Waals surface area contributed by atoms with Crippen molar-refractivity contribution in [2.75, 3.05) is 11.5 Å². The number of unbranched alkanes of at least 4 members (excludes halogenated alkanes) is 1. The van der Waals surface area contributed by atoms with Crippen molar-refractivity contribution in [3.8, 4) is 5.75 Å². The van der Waals surface area contributed by atoms with Crippen molar-refractivity contribution in [2.45, 2.75) is 35.9 Å². The second kappa shape index (κ2) is 13.1. The monoisotopic (exact) mass is 625 g/mol. The van der Waals surface area contributed by atoms with Crippen molar-refractivity contribution in [3.63, 3.8) is 0 Å². The van der Waals surface area contributed by atoms with E-state index in [4.69, 9.17) is 27.9 Å². The number of aliphatic hydroxyl groups is 1. The van der Waals surface area contributed by atoms with Crippen LogP contribution in [-0.4, -0.2) is 33.6 Å². The zero-order valence-electron chi connectivity index (χ0n) is 21.9. The standard InChI is InChI=1S/C30H25Cl2N3O4S2/c1-2-3-15-39-23-13-9-19(10-14-23)26(36)24-25(20-5-4-6-22(32)16-20)35(28(38)27(24)37)29-33-34-30(41-29)40-17-18-7-11-21(31)12-8-18/h4-14,16,25,36H,2-3,15,17H2,1H3/t25-/m1/s1. The Morgan fingerprint density at radius 3 is 2.49 bits per heavy atom. The molecule has 0 aliphatic carbocycles. The van der Waals surface area contributed by atoms with E-state index in [-0.39, 0.29) is 16.5 Å². The molecule has 0 bridgehead atoms. The van der Waals surface area contributed by atoms with Gasteiger partial charge in [-0.15, -0.1) is 10.2 Å². The number of ether oxygens (including phenoxy) is 1. The van der Waals surface area contributed by atoms with Gasteiger partial charge < -0.3 is 9.84 Å². The van der Waals surface area contributed by atoms with Crippen LogP contribution in [0, 0.1) is 0 Å². The number of anilines is 1. The quantitative estimate of drug-likeness (QED) is 0.0477. The van der Waals surface area contributed by atoms with Crippen LogP contribution in [0.15, 0.2) is 82.7 Å². The molecule has 1 saturated heterocycles. The van der Waals surface area contributed by atoms with E-state index < -0.39 is 17.7 Å². The van der Waals surface area contributed by atoms with Crippen LogP contribution in [0.2, 0.25) is 10.0 Å². The number of nitrogens with zero attached hydrogens (tertiary/aromatic N) is 3. The smallest absolute Gasteiger partial charge is 0.301 e. The van der Waals surface area contributed by atoms with Gasteiger partial charge in [-0.25, -0.2) is 0 Å². The van der Waals surface area contributed by atoms with Gasteiger partial charge in [0, 0.05) is 21.4 Å². The second-order valence-corrected chi connectivity index (χ2v) is 12.3. The Kier molecular flexibility index (Phi) is 9.29. The minimum absolute atomic E-state index is 0.0533. The summed E-state index contributed by atoms with van der Waals surface area (Å²) in [7, 11) is 0. The van der Waals surface area contributed by atoms with E-state index in [9.17, 15) is 14.7 Å². The number of thioether (sulfide) groups is 1. The first kappa shape index (κ1) is 29.1. The average Bonchev–Trinajstić information content (AvgIpc) is 3.55. The highest BCUT2D eigenvalue weighted by Gasteiger charge is 2.48. The largest absolute Gasteiger partial charge is 0.507 e. The lowest BCUT2D eigenvalue weighted by molar-refractivity contribution is -0.132. The van der Waals surface area contributed by atoms with Crippen LogP contribution in [0.1, 0.15) is 42.5 Å². The molecule has 41 heavy (non-hydrogen) atoms. The number of benzene rings is 3. The molecule has 2 heterocycles. The summed E-state index contributed by atoms with van der Waals surface area (Å²) >= 11 is 14.9. The first-order valence-electron chi connectivity index (χ1n) is 12.9. The van der Waals surface area contributed by atoms with E-state index in [1.54, 1.807) is 48.5 Å². The van der Waals surface area contributed by atoms with Crippen LogP contribution in [0.4, 0.5) is 5.13 Å². The predicted molar refractivity (Wildman–Crippen MR) is 164 cm³/mol. The fraction of sp³-hybridized carbons (Fsp3) is 0.200. The van der Waals surface area contributed by atoms with Gasteiger partial charge in [0.15, 0.2) is 4.34 Å². The van der Waals surface area contributed by atoms with Crippen molar-refractivity contribution < 1.29 is 19.4 Å². The number of Topliss-reactive ketones (excluding diaryl/α,β-unsaturated/α-hetero) is 1. The maximum absolute atomic E-state index is 13.4. The molecule has 3 aromatic carbocycles. The molecule has 210 valence electrons. The molecular weight excluding hydrogens is 601 g/mol. The van der Waals surface area contributed by atoms with E-state index >= 15 is 0 Å². The minimum atomic E-state index is -0.948. The van der Waals surface area contributed by atoms with Crippen LogP contribution in [0.3, 0.4) is 0 Å². The summed E-state index contributed by atoms with van der Waals surface area (Å²) in [5.41, 5.74) is 1.94. The van der Waals surface area contributed by atoms with Gasteiger partial charge in [0.25, 0.3) is 5.78 Å². The maximum Gasteiger partial charge on any atom is 0.301 e. The number of carbonyl (C=O) groups excluding carboxylic acids is 2. The van der Waals surface area contributed by atoms with E-state index in [1.165, 1.54) is 28.0 Å². The highest BCUT2D eigenvalue weighted by molar-refractivity contribution is 8.00. The number of hydrogen-bond acceptors (Lipinski definition) is 8. The molecule has 7 nitrogen and oxygen atoms in total. The molecule has 0 spiro atoms. The summed E-state index contributed by atoms with van der Waals surface area (Å²) in [6.07, 6.45) is 1.94. The van der Waals surface area contributed by atoms with Gasteiger partial charge in [0.2, 0.25) is 5.13 Å². The van der Waals surface area contributed by atoms with Crippen LogP contribution < -0.4 is 9.64 Å². The summed E-state index contributed by atoms with van der Waals surface area (Å²) in [6.45, 7) is 2.67. The lowest BCUT2D eigenvalue weighted by atomic mass is 9.95. The summed E-state index contributed by atoms with van der Waals surface area (Å²) in [6, 6.07) is 20.2. The van der Waals surface area contributed by atoms with Gasteiger partial charge in [-0.2, -0.15) is 0 Å². The molecule has 5 rings (SSSR count). The van der Waals surface area contributed by atoms with Crippen LogP contribution in [0.5, 0.6) is 5.75 Å². The van der Waals surface area contributed by atoms with Crippen LogP contribution in [0.25, 0.3) is 5.76 Å². The molecule has 1 atom stereocenters. The van der Waals surface area contributed by atoms with E-state index in [2.05, 4.69) is 17.1 Å². The number of rotatable bonds is 10. The number of amides is 1. The Morgan fingerprint density at radius 2 is 1.78 bits per heavy atom. The number of aliphatic hydroxyl groups excluding tert-OH is 1. The molecule has 1 aliphatic heterocycles. The molecule has 1 N–H and O–H groups in total. The molecule has 0 saturated carbocycles. The number of carbonyl (C=O) groups is 2. The predicted octanol–water partition coefficient (Wildman–Crippen LogP) is 7.94. The Balaban J connectivity index is 1.48. The first-order valence-corrected chi connectivity index (χ1v) is 15.4. The SMILES string of the molecule is CCCCOc1ccc(C(O)=C2C(=O)C(=O)N(c3nnc(SCc4ccc(Cl)cc4)s3)[C@@H]2c2cccc(Cl)c2)cc1. The van der Waals surface area contributed by atoms with E-state index in [1.807, 2.05) is 24.3 Å². The van der Waals surface area contributed by atoms with Gasteiger partial charge in [0.05, 0.1) is 18.2 Å². The lowest BCUT2D eigenvalue weighted by Crippen LogP contribution is -2.29. The molecule has 1 aliphatic rings. The Bertz CT molecular complexity index is 1590. The summed E-state index contributed by atoms with van der Waals surface area (Å²) in [5, 5.41) is 21.2. The first-order chi connectivity index (χ1) is 19.9. The van der Waals surface area contributed by atoms with Crippen molar-refractivity contribution in [3.05, 3.63) is 105 Å². The van der Waals surface area contributed by atoms with E-state index in [0.29, 0.717) is 43.6 Å². The van der Waals surface area contributed by atoms with Crippen LogP contribution >= 0.6 is 46.3 Å². The second-order valence-electron chi connectivity index (χ2n) is 9.22. The third kappa shape index (κ3) is 6.59. The molecule has 11 heteroatoms. The maximum atomic E-state index is 13.4. The van der Waals surface area contributed by atoms with Gasteiger partial charge in [-0.1, -0.05) is 83.9 Å². The Hall–Kier alpha value is -3.37. The zero-order valence-corrected chi connectivity index (χ0v) is 25.1. The van der Waals surface area contributed by atoms with Crippen molar-refractivity contribution in [1.29, 1.82) is 0 Å². The lowest BCUT2D eigenvalue weighted by Gasteiger charge is -2.22. The molecule has 0 unspecified atom stereocenters. The Morgan fingerprint density at radius 1 is 1.02 bits per heavy atom. The molecule has 0 radical (unpaired) electrons. The van der Waals surface area contributed by atoms with Gasteiger partial charge in [-0.3, -0.25) is 14.5 Å². The summed E-state index contributed by atoms with van der Waals surface area (Å²) in [5.74, 6) is -0.639. The molecule has 1 fully saturated rings. The van der Waals surface area contributed by atoms with Crippen molar-refractivity contribution >= 4 is 68.9 Å². The third-order valence-electron chi connectivity index (χ3n) is 6.38. The number of ketones is 1. The molecule has 4 aromatic rings. The summed E-state index contributed by atoms with van der Waals surface area (Å²) < 4.78 is 6.34. The fourth-order valence-corrected chi connectivity index (χ4v) is 6.45. The average molecular weight is 627 g/mol. The fourth-order valence-electron chi connectivity index (χ4n) is 4.30. The van der Waals surface area contributed by atoms with Crippen molar-refractivity contribution in [1.82, 2.24) is 10.2 Å². The highest BCUT2D eigenvalue weighted by Crippen LogP contribution is 2.44. The van der Waals surface area contributed by atoms with Gasteiger partial charge in [-0.05, 0) is 66.1 Å². The third-order valence-corrected chi connectivity index (χ3v) is 8.99. The number of hydrogen-bond donors (Lipinski definition) is 1. The summed E-state index contributed by atoms with van der Waals surface area (Å²) in [4.78, 5) is 28.2. The van der Waals surface area contributed by atoms with Gasteiger partial charge >= 0.3 is 5.91 Å². The Labute approximate surface area is 255 Å². The minimum Gasteiger partial charge on any atom is -0.507 e. The molecule has 1 amide bonds. The number of aromatic nitrogens is 2. The normalized spacial score (nSPS) is 16.4. The number of halogens is 2. The van der Waals surface area contributed by atoms with Gasteiger partial charge in [0.1, 0.15) is 11.5 Å². The van der Waals surface area contributed by atoms with Crippen molar-refractivity contribution in [2.24, 2.45) is 0 Å². The topological polar surface area (TPSA) is 92.6 Å². The van der Waals surface area contributed by atoms with Crippen LogP contribution in [-0.2, 0) is 15.3 Å². The zero-order chi connectivity index (χ0) is 28.9. The molecule has 1 aromatic heterocycles.